The summed E-state index contributed by atoms with van der Waals surface area (Å²) >= 11 is 0. The van der Waals surface area contributed by atoms with E-state index in [-0.39, 0.29) is 11.9 Å². The van der Waals surface area contributed by atoms with E-state index in [1.807, 2.05) is 58.9 Å². The molecule has 0 N–H and O–H groups in total. The number of para-hydroxylation sites is 1. The minimum absolute atomic E-state index is 0.0755. The number of rotatable bonds is 7. The van der Waals surface area contributed by atoms with Gasteiger partial charge in [-0.3, -0.25) is 9.69 Å². The van der Waals surface area contributed by atoms with E-state index in [1.54, 1.807) is 19.5 Å². The van der Waals surface area contributed by atoms with Crippen molar-refractivity contribution in [3.63, 3.8) is 0 Å². The zero-order chi connectivity index (χ0) is 28.4. The van der Waals surface area contributed by atoms with Crippen LogP contribution < -0.4 is 4.74 Å². The molecule has 1 aromatic heterocycles. The fourth-order valence-electron chi connectivity index (χ4n) is 5.22. The van der Waals surface area contributed by atoms with Crippen LogP contribution in [0.4, 0.5) is 3.89 Å². The molecular formula is C30H29FN4O4S. The molecule has 2 heterocycles. The number of aromatic nitrogens is 2. The Kier molecular flexibility index (Phi) is 7.61. The molecule has 1 atom stereocenters. The number of carbonyl (C=O) groups is 1. The van der Waals surface area contributed by atoms with Crippen LogP contribution in [0.5, 0.6) is 5.75 Å². The summed E-state index contributed by atoms with van der Waals surface area (Å²) in [7, 11) is -3.22. The van der Waals surface area contributed by atoms with Crippen molar-refractivity contribution in [2.45, 2.75) is 31.0 Å². The van der Waals surface area contributed by atoms with Gasteiger partial charge in [-0.2, -0.15) is 8.42 Å². The smallest absolute Gasteiger partial charge is 0.332 e. The summed E-state index contributed by atoms with van der Waals surface area (Å²) in [5, 5.41) is 0. The molecule has 206 valence electrons. The third-order valence-electron chi connectivity index (χ3n) is 7.19. The van der Waals surface area contributed by atoms with E-state index in [2.05, 4.69) is 15.8 Å². The highest BCUT2D eigenvalue weighted by Crippen LogP contribution is 2.24. The Morgan fingerprint density at radius 2 is 1.93 bits per heavy atom. The fourth-order valence-corrected chi connectivity index (χ4v) is 5.78. The lowest BCUT2D eigenvalue weighted by atomic mass is 10.1. The number of methoxy groups -OCH3 is 1. The molecule has 1 aliphatic rings. The largest absolute Gasteiger partial charge is 0.496 e. The Balaban J connectivity index is 1.28. The third kappa shape index (κ3) is 5.71. The number of nitrogens with zero attached hydrogens (tertiary/aromatic N) is 4. The van der Waals surface area contributed by atoms with E-state index in [4.69, 9.17) is 11.2 Å². The molecule has 0 radical (unpaired) electrons. The van der Waals surface area contributed by atoms with Crippen molar-refractivity contribution in [3.8, 4) is 18.1 Å². The quantitative estimate of drug-likeness (QED) is 0.250. The van der Waals surface area contributed by atoms with Gasteiger partial charge in [-0.15, -0.1) is 10.3 Å². The molecule has 8 nitrogen and oxygen atoms in total. The van der Waals surface area contributed by atoms with Crippen LogP contribution in [0.2, 0.25) is 0 Å². The van der Waals surface area contributed by atoms with Gasteiger partial charge >= 0.3 is 10.2 Å². The van der Waals surface area contributed by atoms with Gasteiger partial charge in [0.1, 0.15) is 10.6 Å². The maximum absolute atomic E-state index is 13.6. The van der Waals surface area contributed by atoms with Crippen LogP contribution in [-0.4, -0.2) is 66.5 Å². The lowest BCUT2D eigenvalue weighted by molar-refractivity contribution is 0.0475. The monoisotopic (exact) mass is 560 g/mol. The molecule has 1 saturated heterocycles. The van der Waals surface area contributed by atoms with Crippen molar-refractivity contribution in [2.24, 2.45) is 0 Å². The van der Waals surface area contributed by atoms with Crippen LogP contribution >= 0.6 is 0 Å². The van der Waals surface area contributed by atoms with Crippen LogP contribution in [0.25, 0.3) is 11.0 Å². The number of amides is 1. The number of hydrogen-bond acceptors (Lipinski definition) is 6. The molecule has 1 aliphatic heterocycles. The summed E-state index contributed by atoms with van der Waals surface area (Å²) in [6.07, 6.45) is 7.20. The van der Waals surface area contributed by atoms with Crippen molar-refractivity contribution in [1.29, 1.82) is 0 Å². The van der Waals surface area contributed by atoms with Crippen LogP contribution in [0.15, 0.2) is 71.9 Å². The van der Waals surface area contributed by atoms with Crippen LogP contribution in [-0.2, 0) is 23.3 Å². The summed E-state index contributed by atoms with van der Waals surface area (Å²) < 4.78 is 44.0. The van der Waals surface area contributed by atoms with E-state index in [0.717, 1.165) is 28.4 Å². The van der Waals surface area contributed by atoms with E-state index >= 15 is 0 Å². The Labute approximate surface area is 233 Å². The van der Waals surface area contributed by atoms with Gasteiger partial charge in [-0.1, -0.05) is 24.1 Å². The minimum Gasteiger partial charge on any atom is -0.496 e. The van der Waals surface area contributed by atoms with Crippen molar-refractivity contribution < 1.29 is 21.8 Å². The second-order valence-corrected chi connectivity index (χ2v) is 11.3. The molecule has 1 fully saturated rings. The SMILES string of the molecule is C#Cc1cc(CN2CCN(C(=O)c3ccc4c(c3)ncn4Cc3ccccc3OC)[C@@H](C)C2)cc(S(=O)(=O)F)c1. The first-order chi connectivity index (χ1) is 19.2. The van der Waals surface area contributed by atoms with Gasteiger partial charge < -0.3 is 14.2 Å². The summed E-state index contributed by atoms with van der Waals surface area (Å²) in [5.41, 5.74) is 4.16. The molecule has 40 heavy (non-hydrogen) atoms. The van der Waals surface area contributed by atoms with Gasteiger partial charge in [-0.05, 0) is 55.0 Å². The molecule has 10 heteroatoms. The second-order valence-electron chi connectivity index (χ2n) is 9.92. The maximum atomic E-state index is 13.6. The Bertz CT molecular complexity index is 1730. The normalized spacial score (nSPS) is 16.1. The minimum atomic E-state index is -4.87. The number of benzene rings is 3. The molecule has 0 unspecified atom stereocenters. The standard InChI is InChI=1S/C30H29FN4O4S/c1-4-22-13-23(15-26(14-22)40(31,37)38)18-33-11-12-35(21(2)17-33)30(36)24-9-10-28-27(16-24)32-20-34(28)19-25-7-5-6-8-29(25)39-3/h1,5-10,13-16,20-21H,11-12,17-19H2,2-3H3/t21-/m0/s1. The highest BCUT2D eigenvalue weighted by atomic mass is 32.3. The third-order valence-corrected chi connectivity index (χ3v) is 7.99. The fraction of sp³-hybridized carbons (Fsp3) is 0.267. The number of carbonyl (C=O) groups excluding carboxylic acids is 1. The first-order valence-corrected chi connectivity index (χ1v) is 14.2. The van der Waals surface area contributed by atoms with Crippen molar-refractivity contribution in [1.82, 2.24) is 19.4 Å². The summed E-state index contributed by atoms with van der Waals surface area (Å²) in [6, 6.07) is 17.4. The van der Waals surface area contributed by atoms with E-state index < -0.39 is 15.1 Å². The van der Waals surface area contributed by atoms with Gasteiger partial charge in [0.15, 0.2) is 0 Å². The molecule has 5 rings (SSSR count). The van der Waals surface area contributed by atoms with Gasteiger partial charge in [0.25, 0.3) is 5.91 Å². The predicted octanol–water partition coefficient (Wildman–Crippen LogP) is 4.08. The average molecular weight is 561 g/mol. The molecule has 0 bridgehead atoms. The van der Waals surface area contributed by atoms with E-state index in [1.165, 1.54) is 6.07 Å². The van der Waals surface area contributed by atoms with Crippen molar-refractivity contribution >= 4 is 27.2 Å². The van der Waals surface area contributed by atoms with E-state index in [9.17, 15) is 17.1 Å². The second kappa shape index (κ2) is 11.1. The molecule has 0 spiro atoms. The number of terminal acetylenes is 1. The summed E-state index contributed by atoms with van der Waals surface area (Å²) in [5.74, 6) is 3.11. The van der Waals surface area contributed by atoms with Crippen molar-refractivity contribution in [3.05, 3.63) is 89.2 Å². The summed E-state index contributed by atoms with van der Waals surface area (Å²) in [4.78, 5) is 21.5. The molecular weight excluding hydrogens is 531 g/mol. The number of fused-ring (bicyclic) bond motifs is 1. The Morgan fingerprint density at radius 1 is 1.12 bits per heavy atom. The highest BCUT2D eigenvalue weighted by Gasteiger charge is 2.29. The number of imidazole rings is 1. The number of hydrogen-bond donors (Lipinski definition) is 0. The number of piperazine rings is 1. The number of ether oxygens (including phenoxy) is 1. The van der Waals surface area contributed by atoms with Crippen LogP contribution in [0.3, 0.4) is 0 Å². The van der Waals surface area contributed by atoms with Crippen molar-refractivity contribution in [2.75, 3.05) is 26.7 Å². The first kappa shape index (κ1) is 27.4. The van der Waals surface area contributed by atoms with Crippen LogP contribution in [0, 0.1) is 12.3 Å². The summed E-state index contributed by atoms with van der Waals surface area (Å²) in [6.45, 7) is 4.59. The molecule has 3 aromatic carbocycles. The average Bonchev–Trinajstić information content (AvgIpc) is 3.34. The molecule has 0 saturated carbocycles. The predicted molar refractivity (Wildman–Crippen MR) is 150 cm³/mol. The van der Waals surface area contributed by atoms with Gasteiger partial charge in [0.2, 0.25) is 0 Å². The molecule has 1 amide bonds. The zero-order valence-corrected chi connectivity index (χ0v) is 23.1. The topological polar surface area (TPSA) is 84.7 Å². The Hall–Kier alpha value is -4.20. The first-order valence-electron chi connectivity index (χ1n) is 12.8. The van der Waals surface area contributed by atoms with Crippen LogP contribution in [0.1, 0.15) is 34.0 Å². The maximum Gasteiger partial charge on any atom is 0.332 e. The number of halogens is 1. The van der Waals surface area contributed by atoms with Gasteiger partial charge in [-0.25, -0.2) is 4.98 Å². The molecule has 0 aliphatic carbocycles. The van der Waals surface area contributed by atoms with Gasteiger partial charge in [0.05, 0.1) is 31.0 Å². The lowest BCUT2D eigenvalue weighted by Crippen LogP contribution is -2.53. The van der Waals surface area contributed by atoms with Gasteiger partial charge in [0, 0.05) is 48.9 Å². The highest BCUT2D eigenvalue weighted by molar-refractivity contribution is 7.86. The zero-order valence-electron chi connectivity index (χ0n) is 22.2. The lowest BCUT2D eigenvalue weighted by Gasteiger charge is -2.40. The molecule has 4 aromatic rings. The Morgan fingerprint density at radius 3 is 2.65 bits per heavy atom. The van der Waals surface area contributed by atoms with E-state index in [0.29, 0.717) is 49.4 Å².